The molecule has 2 atom stereocenters. The Morgan fingerprint density at radius 2 is 2.00 bits per heavy atom. The van der Waals surface area contributed by atoms with E-state index >= 15 is 0 Å². The van der Waals surface area contributed by atoms with Crippen molar-refractivity contribution in [2.45, 2.75) is 31.2 Å². The summed E-state index contributed by atoms with van der Waals surface area (Å²) in [5.74, 6) is -0.627. The van der Waals surface area contributed by atoms with E-state index in [-0.39, 0.29) is 34.5 Å². The Bertz CT molecular complexity index is 695. The lowest BCUT2D eigenvalue weighted by molar-refractivity contribution is 0.0929. The maximum atomic E-state index is 14.0. The van der Waals surface area contributed by atoms with Gasteiger partial charge in [0.25, 0.3) is 5.91 Å². The van der Waals surface area contributed by atoms with Gasteiger partial charge in [-0.05, 0) is 24.5 Å². The minimum absolute atomic E-state index is 0.0272. The van der Waals surface area contributed by atoms with Crippen LogP contribution in [0, 0.1) is 5.82 Å². The number of amides is 1. The molecular formula is C16H15ClFN3O. The van der Waals surface area contributed by atoms with Gasteiger partial charge in [-0.1, -0.05) is 36.2 Å². The van der Waals surface area contributed by atoms with Gasteiger partial charge in [0, 0.05) is 24.4 Å². The average Bonchev–Trinajstić information content (AvgIpc) is 2.96. The lowest BCUT2D eigenvalue weighted by Crippen LogP contribution is -2.37. The van der Waals surface area contributed by atoms with E-state index < -0.39 is 0 Å². The summed E-state index contributed by atoms with van der Waals surface area (Å²) in [5.41, 5.74) is 0.749. The van der Waals surface area contributed by atoms with Gasteiger partial charge in [-0.25, -0.2) is 14.4 Å². The molecule has 114 valence electrons. The molecule has 1 aliphatic carbocycles. The van der Waals surface area contributed by atoms with Gasteiger partial charge < -0.3 is 5.32 Å². The molecule has 6 heteroatoms. The summed E-state index contributed by atoms with van der Waals surface area (Å²) in [6.07, 6.45) is 5.45. The number of carbonyl (C=O) groups excluding carboxylic acids is 1. The second kappa shape index (κ2) is 6.40. The number of hydrogen-bond acceptors (Lipinski definition) is 3. The lowest BCUT2D eigenvalue weighted by atomic mass is 9.93. The van der Waals surface area contributed by atoms with Crippen molar-refractivity contribution in [2.24, 2.45) is 0 Å². The van der Waals surface area contributed by atoms with Gasteiger partial charge in [-0.2, -0.15) is 0 Å². The van der Waals surface area contributed by atoms with E-state index in [1.54, 1.807) is 12.1 Å². The number of hydrogen-bond donors (Lipinski definition) is 1. The van der Waals surface area contributed by atoms with Crippen LogP contribution in [0.4, 0.5) is 4.39 Å². The zero-order valence-corrected chi connectivity index (χ0v) is 12.6. The minimum atomic E-state index is -0.369. The maximum Gasteiger partial charge on any atom is 0.273 e. The first-order valence-electron chi connectivity index (χ1n) is 7.18. The van der Waals surface area contributed by atoms with Crippen LogP contribution in [-0.4, -0.2) is 21.9 Å². The second-order valence-electron chi connectivity index (χ2n) is 5.33. The smallest absolute Gasteiger partial charge is 0.273 e. The van der Waals surface area contributed by atoms with E-state index in [0.29, 0.717) is 5.56 Å². The minimum Gasteiger partial charge on any atom is -0.347 e. The molecule has 1 N–H and O–H groups in total. The number of rotatable bonds is 3. The highest BCUT2D eigenvalue weighted by Crippen LogP contribution is 2.36. The van der Waals surface area contributed by atoms with Gasteiger partial charge in [0.1, 0.15) is 5.82 Å². The van der Waals surface area contributed by atoms with Crippen molar-refractivity contribution < 1.29 is 9.18 Å². The predicted octanol–water partition coefficient (Wildman–Crippen LogP) is 3.34. The third-order valence-electron chi connectivity index (χ3n) is 4.01. The van der Waals surface area contributed by atoms with E-state index in [1.807, 2.05) is 6.07 Å². The van der Waals surface area contributed by atoms with Gasteiger partial charge in [-0.15, -0.1) is 0 Å². The fourth-order valence-electron chi connectivity index (χ4n) is 2.99. The topological polar surface area (TPSA) is 54.9 Å². The Labute approximate surface area is 132 Å². The van der Waals surface area contributed by atoms with E-state index in [1.165, 1.54) is 18.5 Å². The molecule has 0 radical (unpaired) electrons. The van der Waals surface area contributed by atoms with Crippen molar-refractivity contribution in [1.82, 2.24) is 15.3 Å². The molecule has 1 heterocycles. The molecule has 3 rings (SSSR count). The molecule has 22 heavy (non-hydrogen) atoms. The highest BCUT2D eigenvalue weighted by Gasteiger charge is 2.32. The molecule has 1 fully saturated rings. The summed E-state index contributed by atoms with van der Waals surface area (Å²) >= 11 is 5.89. The molecule has 0 spiro atoms. The lowest BCUT2D eigenvalue weighted by Gasteiger charge is -2.21. The standard InChI is InChI=1S/C16H15ClFN3O/c17-15-14(19-8-9-20-15)16(22)21-13-7-3-5-11(13)10-4-1-2-6-12(10)18/h1-2,4,6,8-9,11,13H,3,5,7H2,(H,21,22)/t11-,13-/m1/s1. The van der Waals surface area contributed by atoms with Gasteiger partial charge in [0.2, 0.25) is 0 Å². The first kappa shape index (κ1) is 14.9. The fourth-order valence-corrected chi connectivity index (χ4v) is 3.18. The largest absolute Gasteiger partial charge is 0.347 e. The van der Waals surface area contributed by atoms with Crippen LogP contribution >= 0.6 is 11.6 Å². The Kier molecular flexibility index (Phi) is 4.34. The molecule has 0 saturated heterocycles. The molecule has 1 aromatic carbocycles. The molecule has 0 bridgehead atoms. The van der Waals surface area contributed by atoms with E-state index in [0.717, 1.165) is 19.3 Å². The number of aromatic nitrogens is 2. The van der Waals surface area contributed by atoms with Crippen LogP contribution in [0.5, 0.6) is 0 Å². The Morgan fingerprint density at radius 1 is 1.23 bits per heavy atom. The van der Waals surface area contributed by atoms with Crippen LogP contribution in [0.1, 0.15) is 41.2 Å². The van der Waals surface area contributed by atoms with E-state index in [2.05, 4.69) is 15.3 Å². The second-order valence-corrected chi connectivity index (χ2v) is 5.69. The SMILES string of the molecule is O=C(N[C@@H]1CCC[C@@H]1c1ccccc1F)c1nccnc1Cl. The van der Waals surface area contributed by atoms with E-state index in [4.69, 9.17) is 11.6 Å². The number of carbonyl (C=O) groups is 1. The summed E-state index contributed by atoms with van der Waals surface area (Å²) in [4.78, 5) is 20.1. The molecular weight excluding hydrogens is 305 g/mol. The van der Waals surface area contributed by atoms with Gasteiger partial charge >= 0.3 is 0 Å². The number of benzene rings is 1. The number of nitrogens with one attached hydrogen (secondary N) is 1. The first-order chi connectivity index (χ1) is 10.7. The zero-order valence-electron chi connectivity index (χ0n) is 11.8. The molecule has 1 saturated carbocycles. The summed E-state index contributed by atoms with van der Waals surface area (Å²) in [6, 6.07) is 6.59. The number of nitrogens with zero attached hydrogens (tertiary/aromatic N) is 2. The monoisotopic (exact) mass is 319 g/mol. The molecule has 4 nitrogen and oxygen atoms in total. The van der Waals surface area contributed by atoms with Crippen molar-refractivity contribution in [3.05, 3.63) is 58.9 Å². The third-order valence-corrected chi connectivity index (χ3v) is 4.28. The molecule has 1 amide bonds. The van der Waals surface area contributed by atoms with Crippen molar-refractivity contribution in [2.75, 3.05) is 0 Å². The predicted molar refractivity (Wildman–Crippen MR) is 81.3 cm³/mol. The average molecular weight is 320 g/mol. The van der Waals surface area contributed by atoms with E-state index in [9.17, 15) is 9.18 Å². The van der Waals surface area contributed by atoms with Crippen LogP contribution in [0.25, 0.3) is 0 Å². The third kappa shape index (κ3) is 2.95. The van der Waals surface area contributed by atoms with Gasteiger partial charge in [-0.3, -0.25) is 4.79 Å². The van der Waals surface area contributed by atoms with Crippen LogP contribution in [0.2, 0.25) is 5.15 Å². The van der Waals surface area contributed by atoms with Crippen LogP contribution in [0.3, 0.4) is 0 Å². The molecule has 1 aliphatic rings. The van der Waals surface area contributed by atoms with Crippen molar-refractivity contribution >= 4 is 17.5 Å². The quantitative estimate of drug-likeness (QED) is 0.944. The highest BCUT2D eigenvalue weighted by atomic mass is 35.5. The van der Waals surface area contributed by atoms with Crippen LogP contribution in [0.15, 0.2) is 36.7 Å². The Hall–Kier alpha value is -2.01. The van der Waals surface area contributed by atoms with Crippen molar-refractivity contribution in [3.8, 4) is 0 Å². The first-order valence-corrected chi connectivity index (χ1v) is 7.56. The fraction of sp³-hybridized carbons (Fsp3) is 0.312. The maximum absolute atomic E-state index is 14.0. The summed E-state index contributed by atoms with van der Waals surface area (Å²) in [5, 5.41) is 2.99. The van der Waals surface area contributed by atoms with Crippen LogP contribution < -0.4 is 5.32 Å². The van der Waals surface area contributed by atoms with Gasteiger partial charge in [0.05, 0.1) is 0 Å². The summed E-state index contributed by atoms with van der Waals surface area (Å²) in [7, 11) is 0. The summed E-state index contributed by atoms with van der Waals surface area (Å²) in [6.45, 7) is 0. The molecule has 1 aromatic heterocycles. The van der Waals surface area contributed by atoms with Gasteiger partial charge in [0.15, 0.2) is 10.8 Å². The molecule has 0 unspecified atom stereocenters. The van der Waals surface area contributed by atoms with Crippen LogP contribution in [-0.2, 0) is 0 Å². The van der Waals surface area contributed by atoms with Crippen molar-refractivity contribution in [1.29, 1.82) is 0 Å². The molecule has 2 aromatic rings. The molecule has 0 aliphatic heterocycles. The normalized spacial score (nSPS) is 20.8. The zero-order chi connectivity index (χ0) is 15.5. The summed E-state index contributed by atoms with van der Waals surface area (Å²) < 4.78 is 14.0. The highest BCUT2D eigenvalue weighted by molar-refractivity contribution is 6.32. The Morgan fingerprint density at radius 3 is 2.77 bits per heavy atom. The van der Waals surface area contributed by atoms with Crippen molar-refractivity contribution in [3.63, 3.8) is 0 Å². The Balaban J connectivity index is 1.79. The number of halogens is 2.